The van der Waals surface area contributed by atoms with Crippen LogP contribution in [-0.4, -0.2) is 81.2 Å². The molecular formula is C37H62O9. The molecule has 14 atom stereocenters. The second kappa shape index (κ2) is 11.6. The molecular weight excluding hydrogens is 588 g/mol. The van der Waals surface area contributed by atoms with E-state index in [-0.39, 0.29) is 41.2 Å². The number of rotatable bonds is 5. The standard InChI is InChI=1S/C37H62O9/c1-21-18-25(30(33(5,6)41)44-22(2)38)46-37(42)29(21)34(7)15-11-23-20-36(23)16-12-27(45-28-19-24(39)13-17-43-28)32(3,4)26(36)10-9-14-35(34,8)31(37)40/h21,23-31,39-42H,9-20H2,1-8H3/t21-,23+,24+,25?,26+,27+,28+,29-,30+,31-,34-,35-,36+,37-/m1/s1. The lowest BCUT2D eigenvalue weighted by Crippen LogP contribution is -2.61. The van der Waals surface area contributed by atoms with Crippen molar-refractivity contribution in [2.45, 2.75) is 174 Å². The molecule has 1 unspecified atom stereocenters. The summed E-state index contributed by atoms with van der Waals surface area (Å²) in [6.45, 7) is 16.3. The van der Waals surface area contributed by atoms with Crippen molar-refractivity contribution in [1.29, 1.82) is 0 Å². The van der Waals surface area contributed by atoms with Crippen LogP contribution in [0.3, 0.4) is 0 Å². The van der Waals surface area contributed by atoms with Crippen molar-refractivity contribution in [3.05, 3.63) is 0 Å². The van der Waals surface area contributed by atoms with Crippen molar-refractivity contribution < 1.29 is 44.2 Å². The second-order valence-corrected chi connectivity index (χ2v) is 18.1. The quantitative estimate of drug-likeness (QED) is 0.300. The Kier molecular flexibility index (Phi) is 8.86. The lowest BCUT2D eigenvalue weighted by atomic mass is 9.54. The van der Waals surface area contributed by atoms with Gasteiger partial charge in [0, 0.05) is 24.7 Å². The van der Waals surface area contributed by atoms with Gasteiger partial charge in [-0.3, -0.25) is 4.79 Å². The molecule has 46 heavy (non-hydrogen) atoms. The lowest BCUT2D eigenvalue weighted by molar-refractivity contribution is -0.342. The Labute approximate surface area is 276 Å². The lowest BCUT2D eigenvalue weighted by Gasteiger charge is -2.53. The fourth-order valence-corrected chi connectivity index (χ4v) is 12.1. The fourth-order valence-electron chi connectivity index (χ4n) is 12.1. The first kappa shape index (κ1) is 35.0. The van der Waals surface area contributed by atoms with Crippen LogP contribution in [0, 0.1) is 45.3 Å². The highest BCUT2D eigenvalue weighted by Crippen LogP contribution is 2.75. The van der Waals surface area contributed by atoms with Gasteiger partial charge in [-0.25, -0.2) is 0 Å². The Balaban J connectivity index is 1.26. The molecule has 6 aliphatic rings. The average molecular weight is 651 g/mol. The number of hydrogen-bond donors (Lipinski definition) is 4. The minimum Gasteiger partial charge on any atom is -0.457 e. The van der Waals surface area contributed by atoms with Crippen LogP contribution in [0.25, 0.3) is 0 Å². The highest BCUT2D eigenvalue weighted by molar-refractivity contribution is 5.66. The number of ether oxygens (including phenoxy) is 4. The zero-order valence-electron chi connectivity index (χ0n) is 29.6. The fraction of sp³-hybridized carbons (Fsp3) is 0.973. The van der Waals surface area contributed by atoms with E-state index in [4.69, 9.17) is 18.9 Å². The van der Waals surface area contributed by atoms with E-state index in [2.05, 4.69) is 34.6 Å². The van der Waals surface area contributed by atoms with E-state index in [1.54, 1.807) is 13.8 Å². The van der Waals surface area contributed by atoms with E-state index >= 15 is 0 Å². The molecule has 0 aromatic heterocycles. The van der Waals surface area contributed by atoms with Crippen molar-refractivity contribution in [3.8, 4) is 0 Å². The summed E-state index contributed by atoms with van der Waals surface area (Å²) in [4.78, 5) is 12.0. The number of aliphatic hydroxyl groups excluding tert-OH is 2. The van der Waals surface area contributed by atoms with E-state index in [9.17, 15) is 25.2 Å². The molecule has 2 saturated heterocycles. The van der Waals surface area contributed by atoms with Crippen molar-refractivity contribution in [1.82, 2.24) is 0 Å². The van der Waals surface area contributed by atoms with Gasteiger partial charge in [-0.1, -0.05) is 41.0 Å². The molecule has 0 aromatic carbocycles. The third-order valence-electron chi connectivity index (χ3n) is 14.6. The average Bonchev–Trinajstić information content (AvgIpc) is 3.62. The number of aliphatic hydroxyl groups is 4. The Hall–Kier alpha value is -0.810. The SMILES string of the molecule is CC(=O)O[C@@H](C1C[C@@H](C)[C@H]2[C@@](O)(O1)[C@H](O)[C@@]1(C)CCC[C@H]3C(C)(C)[C@@H](O[C@H]4C[C@@H](O)CCO4)CC[C@@]34C[C@@H]4CC[C@]21C)C(C)(C)O. The maximum absolute atomic E-state index is 12.5. The molecule has 9 nitrogen and oxygen atoms in total. The Morgan fingerprint density at radius 3 is 2.35 bits per heavy atom. The molecule has 4 aliphatic carbocycles. The predicted octanol–water partition coefficient (Wildman–Crippen LogP) is 5.10. The monoisotopic (exact) mass is 650 g/mol. The molecule has 4 saturated carbocycles. The highest BCUT2D eigenvalue weighted by Gasteiger charge is 2.75. The van der Waals surface area contributed by atoms with Crippen molar-refractivity contribution in [2.75, 3.05) is 6.61 Å². The van der Waals surface area contributed by atoms with Gasteiger partial charge in [0.05, 0.1) is 24.4 Å². The molecule has 1 spiro atoms. The summed E-state index contributed by atoms with van der Waals surface area (Å²) in [6, 6.07) is 0. The smallest absolute Gasteiger partial charge is 0.303 e. The normalized spacial score (nSPS) is 51.1. The van der Waals surface area contributed by atoms with Gasteiger partial charge in [-0.15, -0.1) is 0 Å². The minimum atomic E-state index is -1.82. The molecule has 0 amide bonds. The number of carbonyl (C=O) groups excluding carboxylic acids is 1. The maximum atomic E-state index is 12.5. The Morgan fingerprint density at radius 1 is 0.978 bits per heavy atom. The summed E-state index contributed by atoms with van der Waals surface area (Å²) < 4.78 is 24.7. The highest BCUT2D eigenvalue weighted by atomic mass is 16.7. The van der Waals surface area contributed by atoms with Crippen LogP contribution in [0.5, 0.6) is 0 Å². The Morgan fingerprint density at radius 2 is 1.70 bits per heavy atom. The maximum Gasteiger partial charge on any atom is 0.303 e. The van der Waals surface area contributed by atoms with Crippen LogP contribution in [0.15, 0.2) is 0 Å². The zero-order valence-corrected chi connectivity index (χ0v) is 29.6. The predicted molar refractivity (Wildman–Crippen MR) is 171 cm³/mol. The van der Waals surface area contributed by atoms with Gasteiger partial charge in [0.25, 0.3) is 0 Å². The largest absolute Gasteiger partial charge is 0.457 e. The molecule has 264 valence electrons. The second-order valence-electron chi connectivity index (χ2n) is 18.1. The van der Waals surface area contributed by atoms with Crippen LogP contribution in [0.1, 0.15) is 126 Å². The van der Waals surface area contributed by atoms with E-state index in [0.717, 1.165) is 44.9 Å². The summed E-state index contributed by atoms with van der Waals surface area (Å²) in [5.74, 6) is -1.58. The van der Waals surface area contributed by atoms with Crippen LogP contribution in [0.4, 0.5) is 0 Å². The van der Waals surface area contributed by atoms with E-state index < -0.39 is 41.1 Å². The van der Waals surface area contributed by atoms with E-state index in [0.29, 0.717) is 43.1 Å². The molecule has 4 N–H and O–H groups in total. The summed E-state index contributed by atoms with van der Waals surface area (Å²) in [6.07, 6.45) is 6.25. The number of fused-ring (bicyclic) bond motifs is 3. The molecule has 2 aliphatic heterocycles. The van der Waals surface area contributed by atoms with Crippen LogP contribution in [-0.2, 0) is 23.7 Å². The van der Waals surface area contributed by atoms with E-state index in [1.807, 2.05) is 0 Å². The van der Waals surface area contributed by atoms with Gasteiger partial charge in [0.15, 0.2) is 18.2 Å². The van der Waals surface area contributed by atoms with Gasteiger partial charge >= 0.3 is 5.97 Å². The molecule has 2 heterocycles. The third kappa shape index (κ3) is 5.41. The number of hydrogen-bond acceptors (Lipinski definition) is 9. The molecule has 9 heteroatoms. The number of carbonyl (C=O) groups is 1. The van der Waals surface area contributed by atoms with E-state index in [1.165, 1.54) is 13.3 Å². The summed E-state index contributed by atoms with van der Waals surface area (Å²) in [5.41, 5.74) is -2.12. The Bertz CT molecular complexity index is 1150. The molecule has 0 bridgehead atoms. The first-order valence-corrected chi connectivity index (χ1v) is 18.2. The van der Waals surface area contributed by atoms with Gasteiger partial charge < -0.3 is 39.4 Å². The van der Waals surface area contributed by atoms with Crippen LogP contribution < -0.4 is 0 Å². The summed E-state index contributed by atoms with van der Waals surface area (Å²) in [5, 5.41) is 45.9. The van der Waals surface area contributed by atoms with Crippen LogP contribution >= 0.6 is 0 Å². The molecule has 0 radical (unpaired) electrons. The molecule has 6 rings (SSSR count). The van der Waals surface area contributed by atoms with Crippen molar-refractivity contribution in [3.63, 3.8) is 0 Å². The van der Waals surface area contributed by atoms with Crippen LogP contribution in [0.2, 0.25) is 0 Å². The first-order valence-electron chi connectivity index (χ1n) is 18.2. The van der Waals surface area contributed by atoms with Crippen molar-refractivity contribution in [2.24, 2.45) is 45.3 Å². The van der Waals surface area contributed by atoms with Crippen molar-refractivity contribution >= 4 is 5.97 Å². The summed E-state index contributed by atoms with van der Waals surface area (Å²) >= 11 is 0. The topological polar surface area (TPSA) is 135 Å². The first-order chi connectivity index (χ1) is 21.3. The van der Waals surface area contributed by atoms with Gasteiger partial charge in [-0.2, -0.15) is 0 Å². The molecule has 6 fully saturated rings. The summed E-state index contributed by atoms with van der Waals surface area (Å²) in [7, 11) is 0. The third-order valence-corrected chi connectivity index (χ3v) is 14.6. The van der Waals surface area contributed by atoms with Gasteiger partial charge in [0.1, 0.15) is 12.2 Å². The van der Waals surface area contributed by atoms with Gasteiger partial charge in [-0.05, 0) is 106 Å². The molecule has 0 aromatic rings. The zero-order chi connectivity index (χ0) is 33.7. The number of esters is 1. The van der Waals surface area contributed by atoms with Gasteiger partial charge in [0.2, 0.25) is 0 Å². The minimum absolute atomic E-state index is 0.0264.